The summed E-state index contributed by atoms with van der Waals surface area (Å²) >= 11 is 0. The lowest BCUT2D eigenvalue weighted by Gasteiger charge is -2.28. The highest BCUT2D eigenvalue weighted by Gasteiger charge is 2.21. The van der Waals surface area contributed by atoms with E-state index in [1.54, 1.807) is 0 Å². The van der Waals surface area contributed by atoms with Gasteiger partial charge in [0.1, 0.15) is 0 Å². The molecule has 1 saturated carbocycles. The van der Waals surface area contributed by atoms with Crippen molar-refractivity contribution in [2.75, 3.05) is 13.6 Å². The molecule has 112 valence electrons. The Morgan fingerprint density at radius 3 is 2.42 bits per heavy atom. The molecule has 1 amide bonds. The van der Waals surface area contributed by atoms with Crippen LogP contribution in [0, 0.1) is 11.8 Å². The van der Waals surface area contributed by atoms with Gasteiger partial charge >= 0.3 is 0 Å². The van der Waals surface area contributed by atoms with Crippen LogP contribution in [-0.2, 0) is 4.79 Å². The van der Waals surface area contributed by atoms with Gasteiger partial charge in [0.25, 0.3) is 0 Å². The molecule has 1 fully saturated rings. The lowest BCUT2D eigenvalue weighted by molar-refractivity contribution is -0.134. The molecule has 0 aromatic rings. The van der Waals surface area contributed by atoms with E-state index in [0.717, 1.165) is 31.7 Å². The number of nitrogens with zero attached hydrogens (tertiary/aromatic N) is 1. The molecule has 0 heterocycles. The Hall–Kier alpha value is -0.570. The monoisotopic (exact) mass is 268 g/mol. The van der Waals surface area contributed by atoms with E-state index in [9.17, 15) is 4.79 Å². The number of hydrogen-bond acceptors (Lipinski definition) is 2. The van der Waals surface area contributed by atoms with Gasteiger partial charge in [0.15, 0.2) is 0 Å². The van der Waals surface area contributed by atoms with Crippen LogP contribution < -0.4 is 5.73 Å². The van der Waals surface area contributed by atoms with Gasteiger partial charge in [-0.05, 0) is 38.5 Å². The van der Waals surface area contributed by atoms with E-state index in [2.05, 4.69) is 6.92 Å². The summed E-state index contributed by atoms with van der Waals surface area (Å²) in [4.78, 5) is 14.3. The summed E-state index contributed by atoms with van der Waals surface area (Å²) in [5.74, 6) is 1.20. The second kappa shape index (κ2) is 8.57. The van der Waals surface area contributed by atoms with E-state index in [1.807, 2.05) is 18.9 Å². The Labute approximate surface area is 118 Å². The van der Waals surface area contributed by atoms with Crippen LogP contribution in [0.15, 0.2) is 0 Å². The van der Waals surface area contributed by atoms with Gasteiger partial charge in [-0.1, -0.05) is 32.6 Å². The minimum atomic E-state index is 0.146. The number of amides is 1. The number of rotatable bonds is 7. The maximum Gasteiger partial charge on any atom is 0.225 e. The van der Waals surface area contributed by atoms with Crippen molar-refractivity contribution in [3.8, 4) is 0 Å². The number of hydrogen-bond donors (Lipinski definition) is 1. The number of carbonyl (C=O) groups excluding carboxylic acids is 1. The van der Waals surface area contributed by atoms with Gasteiger partial charge in [-0.2, -0.15) is 0 Å². The van der Waals surface area contributed by atoms with Crippen molar-refractivity contribution < 1.29 is 4.79 Å². The van der Waals surface area contributed by atoms with Crippen LogP contribution >= 0.6 is 0 Å². The van der Waals surface area contributed by atoms with Crippen LogP contribution in [0.5, 0.6) is 0 Å². The van der Waals surface area contributed by atoms with Crippen molar-refractivity contribution in [1.82, 2.24) is 4.90 Å². The fraction of sp³-hybridized carbons (Fsp3) is 0.938. The summed E-state index contributed by atoms with van der Waals surface area (Å²) in [5.41, 5.74) is 5.74. The van der Waals surface area contributed by atoms with Crippen molar-refractivity contribution in [3.05, 3.63) is 0 Å². The van der Waals surface area contributed by atoms with E-state index < -0.39 is 0 Å². The zero-order valence-corrected chi connectivity index (χ0v) is 13.0. The molecule has 2 atom stereocenters. The van der Waals surface area contributed by atoms with Crippen molar-refractivity contribution in [2.45, 2.75) is 71.3 Å². The van der Waals surface area contributed by atoms with E-state index in [1.165, 1.54) is 32.1 Å². The fourth-order valence-electron chi connectivity index (χ4n) is 3.09. The quantitative estimate of drug-likeness (QED) is 0.771. The second-order valence-electron chi connectivity index (χ2n) is 6.53. The first-order valence-electron chi connectivity index (χ1n) is 8.01. The van der Waals surface area contributed by atoms with Gasteiger partial charge in [0.05, 0.1) is 0 Å². The molecule has 0 spiro atoms. The van der Waals surface area contributed by atoms with Crippen molar-refractivity contribution >= 4 is 5.91 Å². The molecule has 1 rings (SSSR count). The zero-order valence-electron chi connectivity index (χ0n) is 13.0. The summed E-state index contributed by atoms with van der Waals surface area (Å²) in [7, 11) is 1.97. The molecule has 0 aromatic heterocycles. The third-order valence-corrected chi connectivity index (χ3v) is 4.35. The van der Waals surface area contributed by atoms with Crippen LogP contribution in [0.3, 0.4) is 0 Å². The largest absolute Gasteiger partial charge is 0.345 e. The third-order valence-electron chi connectivity index (χ3n) is 4.35. The smallest absolute Gasteiger partial charge is 0.225 e. The summed E-state index contributed by atoms with van der Waals surface area (Å²) in [6.07, 6.45) is 9.71. The average molecular weight is 268 g/mol. The first-order chi connectivity index (χ1) is 9.00. The van der Waals surface area contributed by atoms with E-state index in [-0.39, 0.29) is 12.0 Å². The SMILES string of the molecule is CC(N)CCCC(C)C(=O)N(C)CC1CCCCC1. The molecule has 3 heteroatoms. The van der Waals surface area contributed by atoms with Crippen molar-refractivity contribution in [3.63, 3.8) is 0 Å². The normalized spacial score (nSPS) is 20.0. The van der Waals surface area contributed by atoms with Crippen LogP contribution in [0.25, 0.3) is 0 Å². The summed E-state index contributed by atoms with van der Waals surface area (Å²) in [6, 6.07) is 0.252. The third kappa shape index (κ3) is 6.42. The number of carbonyl (C=O) groups is 1. The minimum Gasteiger partial charge on any atom is -0.345 e. The van der Waals surface area contributed by atoms with Gasteiger partial charge in [0, 0.05) is 25.6 Å². The predicted octanol–water partition coefficient (Wildman–Crippen LogP) is 3.18. The molecule has 0 saturated heterocycles. The first-order valence-corrected chi connectivity index (χ1v) is 8.01. The molecule has 19 heavy (non-hydrogen) atoms. The Morgan fingerprint density at radius 1 is 1.21 bits per heavy atom. The molecule has 1 aliphatic carbocycles. The lowest BCUT2D eigenvalue weighted by atomic mass is 9.88. The molecular weight excluding hydrogens is 236 g/mol. The molecular formula is C16H32N2O. The van der Waals surface area contributed by atoms with E-state index in [0.29, 0.717) is 5.91 Å². The van der Waals surface area contributed by atoms with Gasteiger partial charge < -0.3 is 10.6 Å². The lowest BCUT2D eigenvalue weighted by Crippen LogP contribution is -2.36. The summed E-state index contributed by atoms with van der Waals surface area (Å²) in [5, 5.41) is 0. The highest BCUT2D eigenvalue weighted by molar-refractivity contribution is 5.78. The minimum absolute atomic E-state index is 0.146. The van der Waals surface area contributed by atoms with Gasteiger partial charge in [-0.25, -0.2) is 0 Å². The predicted molar refractivity (Wildman–Crippen MR) is 80.9 cm³/mol. The molecule has 2 unspecified atom stereocenters. The van der Waals surface area contributed by atoms with Crippen LogP contribution in [0.2, 0.25) is 0 Å². The molecule has 0 radical (unpaired) electrons. The molecule has 0 bridgehead atoms. The molecule has 0 aromatic carbocycles. The summed E-state index contributed by atoms with van der Waals surface area (Å²) in [6.45, 7) is 5.04. The van der Waals surface area contributed by atoms with Crippen LogP contribution in [0.4, 0.5) is 0 Å². The Morgan fingerprint density at radius 2 is 1.84 bits per heavy atom. The Kier molecular flexibility index (Phi) is 7.44. The molecule has 2 N–H and O–H groups in total. The van der Waals surface area contributed by atoms with E-state index >= 15 is 0 Å². The Bertz CT molecular complexity index is 259. The fourth-order valence-corrected chi connectivity index (χ4v) is 3.09. The van der Waals surface area contributed by atoms with Gasteiger partial charge in [0.2, 0.25) is 5.91 Å². The first kappa shape index (κ1) is 16.5. The average Bonchev–Trinajstić information content (AvgIpc) is 2.38. The molecule has 1 aliphatic rings. The standard InChI is InChI=1S/C16H32N2O/c1-13(8-7-9-14(2)17)16(19)18(3)12-15-10-5-4-6-11-15/h13-15H,4-12,17H2,1-3H3. The van der Waals surface area contributed by atoms with Gasteiger partial charge in [-0.3, -0.25) is 4.79 Å². The van der Waals surface area contributed by atoms with Crippen LogP contribution in [-0.4, -0.2) is 30.4 Å². The molecule has 0 aliphatic heterocycles. The van der Waals surface area contributed by atoms with Crippen molar-refractivity contribution in [1.29, 1.82) is 0 Å². The number of nitrogens with two attached hydrogens (primary N) is 1. The highest BCUT2D eigenvalue weighted by Crippen LogP contribution is 2.24. The topological polar surface area (TPSA) is 46.3 Å². The molecule has 3 nitrogen and oxygen atoms in total. The van der Waals surface area contributed by atoms with E-state index in [4.69, 9.17) is 5.73 Å². The summed E-state index contributed by atoms with van der Waals surface area (Å²) < 4.78 is 0. The van der Waals surface area contributed by atoms with Crippen molar-refractivity contribution in [2.24, 2.45) is 17.6 Å². The highest BCUT2D eigenvalue weighted by atomic mass is 16.2. The maximum absolute atomic E-state index is 12.3. The zero-order chi connectivity index (χ0) is 14.3. The van der Waals surface area contributed by atoms with Gasteiger partial charge in [-0.15, -0.1) is 0 Å². The Balaban J connectivity index is 2.25. The van der Waals surface area contributed by atoms with Crippen LogP contribution in [0.1, 0.15) is 65.2 Å². The maximum atomic E-state index is 12.3. The second-order valence-corrected chi connectivity index (χ2v) is 6.53.